The third-order valence-electron chi connectivity index (χ3n) is 3.52. The fourth-order valence-corrected chi connectivity index (χ4v) is 3.28. The average Bonchev–Trinajstić information content (AvgIpc) is 2.44. The van der Waals surface area contributed by atoms with E-state index >= 15 is 0 Å². The van der Waals surface area contributed by atoms with Crippen LogP contribution in [0.3, 0.4) is 0 Å². The molecule has 1 aromatic carbocycles. The highest BCUT2D eigenvalue weighted by molar-refractivity contribution is 7.88. The summed E-state index contributed by atoms with van der Waals surface area (Å²) in [6.07, 6.45) is 6.80. The van der Waals surface area contributed by atoms with Crippen molar-refractivity contribution in [3.8, 4) is 0 Å². The van der Waals surface area contributed by atoms with E-state index in [1.807, 2.05) is 36.4 Å². The molecule has 1 N–H and O–H groups in total. The van der Waals surface area contributed by atoms with E-state index in [0.29, 0.717) is 5.70 Å². The molecule has 110 valence electrons. The number of anilines is 1. The second-order valence-electron chi connectivity index (χ2n) is 5.06. The summed E-state index contributed by atoms with van der Waals surface area (Å²) < 4.78 is 25.6. The number of hydrogen-bond donors (Lipinski definition) is 1. The van der Waals surface area contributed by atoms with Crippen molar-refractivity contribution in [2.45, 2.75) is 13.0 Å². The fourth-order valence-electron chi connectivity index (χ4n) is 2.71. The minimum absolute atomic E-state index is 0.0425. The number of hydrogen-bond acceptors (Lipinski definition) is 4. The van der Waals surface area contributed by atoms with E-state index in [4.69, 9.17) is 0 Å². The van der Waals surface area contributed by atoms with Crippen molar-refractivity contribution in [1.82, 2.24) is 4.72 Å². The molecule has 2 aliphatic rings. The van der Waals surface area contributed by atoms with Crippen LogP contribution < -0.4 is 9.62 Å². The van der Waals surface area contributed by atoms with Crippen LogP contribution in [-0.4, -0.2) is 33.0 Å². The van der Waals surface area contributed by atoms with Gasteiger partial charge in [0.2, 0.25) is 10.0 Å². The van der Waals surface area contributed by atoms with E-state index in [1.54, 1.807) is 6.08 Å². The highest BCUT2D eigenvalue weighted by Crippen LogP contribution is 2.36. The van der Waals surface area contributed by atoms with E-state index in [1.165, 1.54) is 0 Å². The van der Waals surface area contributed by atoms with Crippen LogP contribution in [0.15, 0.2) is 53.2 Å². The summed E-state index contributed by atoms with van der Waals surface area (Å²) in [4.78, 5) is 6.87. The number of sulfonamides is 1. The SMILES string of the molecule is CCN1c2ccccc2N=C2C(NS(C)(=O)=O)=CC=CC21. The van der Waals surface area contributed by atoms with Crippen molar-refractivity contribution >= 4 is 27.1 Å². The Bertz CT molecular complexity index is 763. The van der Waals surface area contributed by atoms with Crippen molar-refractivity contribution in [2.75, 3.05) is 17.7 Å². The fraction of sp³-hybridized carbons (Fsp3) is 0.267. The Morgan fingerprint density at radius 1 is 1.33 bits per heavy atom. The number of likely N-dealkylation sites (N-methyl/N-ethyl adjacent to an activating group) is 1. The molecule has 0 radical (unpaired) electrons. The van der Waals surface area contributed by atoms with Crippen LogP contribution in [0.4, 0.5) is 11.4 Å². The molecule has 0 fully saturated rings. The van der Waals surface area contributed by atoms with Gasteiger partial charge in [0.05, 0.1) is 35.1 Å². The molecule has 21 heavy (non-hydrogen) atoms. The third kappa shape index (κ3) is 2.58. The van der Waals surface area contributed by atoms with Crippen molar-refractivity contribution in [2.24, 2.45) is 4.99 Å². The van der Waals surface area contributed by atoms with Crippen LogP contribution in [0, 0.1) is 0 Å². The lowest BCUT2D eigenvalue weighted by molar-refractivity contribution is 0.595. The van der Waals surface area contributed by atoms with Crippen LogP contribution in [0.5, 0.6) is 0 Å². The first-order chi connectivity index (χ1) is 9.99. The zero-order valence-corrected chi connectivity index (χ0v) is 12.8. The number of fused-ring (bicyclic) bond motifs is 2. The average molecular weight is 303 g/mol. The first-order valence-corrected chi connectivity index (χ1v) is 8.69. The first-order valence-electron chi connectivity index (χ1n) is 6.80. The lowest BCUT2D eigenvalue weighted by Gasteiger charge is -2.37. The van der Waals surface area contributed by atoms with Crippen LogP contribution >= 0.6 is 0 Å². The van der Waals surface area contributed by atoms with Crippen molar-refractivity contribution in [3.05, 3.63) is 48.2 Å². The van der Waals surface area contributed by atoms with Crippen LogP contribution in [-0.2, 0) is 10.0 Å². The molecule has 1 heterocycles. The Morgan fingerprint density at radius 3 is 2.81 bits per heavy atom. The van der Waals surface area contributed by atoms with Gasteiger partial charge >= 0.3 is 0 Å². The molecule has 3 rings (SSSR count). The van der Waals surface area contributed by atoms with Gasteiger partial charge in [-0.2, -0.15) is 0 Å². The minimum Gasteiger partial charge on any atom is -0.358 e. The number of nitrogens with zero attached hydrogens (tertiary/aromatic N) is 2. The standard InChI is InChI=1S/C15H17N3O2S/c1-3-18-13-9-5-4-7-11(13)16-15-12(17-21(2,19)20)8-6-10-14(15)18/h4-10,14,17H,3H2,1-2H3. The molecule has 0 aromatic heterocycles. The van der Waals surface area contributed by atoms with E-state index in [9.17, 15) is 8.42 Å². The number of benzene rings is 1. The lowest BCUT2D eigenvalue weighted by atomic mass is 9.98. The van der Waals surface area contributed by atoms with E-state index in [2.05, 4.69) is 21.5 Å². The molecule has 0 saturated heterocycles. The summed E-state index contributed by atoms with van der Waals surface area (Å²) in [5.41, 5.74) is 3.21. The number of para-hydroxylation sites is 2. The Kier molecular flexibility index (Phi) is 3.33. The normalized spacial score (nSPS) is 20.3. The molecule has 6 heteroatoms. The van der Waals surface area contributed by atoms with Gasteiger partial charge in [-0.15, -0.1) is 0 Å². The maximum Gasteiger partial charge on any atom is 0.229 e. The van der Waals surface area contributed by atoms with Gasteiger partial charge < -0.3 is 4.90 Å². The summed E-state index contributed by atoms with van der Waals surface area (Å²) >= 11 is 0. The molecule has 0 bridgehead atoms. The Hall–Kier alpha value is -2.08. The molecular formula is C15H17N3O2S. The second-order valence-corrected chi connectivity index (χ2v) is 6.80. The molecule has 0 amide bonds. The zero-order valence-electron chi connectivity index (χ0n) is 11.9. The quantitative estimate of drug-likeness (QED) is 0.928. The third-order valence-corrected chi connectivity index (χ3v) is 4.11. The summed E-state index contributed by atoms with van der Waals surface area (Å²) in [6.45, 7) is 2.90. The van der Waals surface area contributed by atoms with Gasteiger partial charge in [0.15, 0.2) is 0 Å². The minimum atomic E-state index is -3.33. The molecular weight excluding hydrogens is 286 g/mol. The zero-order chi connectivity index (χ0) is 15.0. The smallest absolute Gasteiger partial charge is 0.229 e. The number of aliphatic imine (C=N–C) groups is 1. The number of nitrogens with one attached hydrogen (secondary N) is 1. The molecule has 0 spiro atoms. The van der Waals surface area contributed by atoms with Crippen molar-refractivity contribution < 1.29 is 8.42 Å². The molecule has 1 aromatic rings. The predicted octanol–water partition coefficient (Wildman–Crippen LogP) is 1.97. The molecule has 1 aliphatic carbocycles. The molecule has 1 atom stereocenters. The summed E-state index contributed by atoms with van der Waals surface area (Å²) in [7, 11) is -3.33. The van der Waals surface area contributed by atoms with Gasteiger partial charge in [-0.05, 0) is 25.1 Å². The van der Waals surface area contributed by atoms with E-state index in [0.717, 1.165) is 29.9 Å². The Balaban J connectivity index is 2.10. The monoisotopic (exact) mass is 303 g/mol. The van der Waals surface area contributed by atoms with Gasteiger partial charge in [-0.3, -0.25) is 4.72 Å². The van der Waals surface area contributed by atoms with Gasteiger partial charge in [0, 0.05) is 6.54 Å². The Morgan fingerprint density at radius 2 is 2.10 bits per heavy atom. The maximum absolute atomic E-state index is 11.5. The first kappa shape index (κ1) is 13.9. The predicted molar refractivity (Wildman–Crippen MR) is 85.5 cm³/mol. The maximum atomic E-state index is 11.5. The van der Waals surface area contributed by atoms with Gasteiger partial charge in [-0.1, -0.05) is 24.3 Å². The lowest BCUT2D eigenvalue weighted by Crippen LogP contribution is -2.46. The highest BCUT2D eigenvalue weighted by Gasteiger charge is 2.31. The second kappa shape index (κ2) is 5.04. The summed E-state index contributed by atoms with van der Waals surface area (Å²) in [5.74, 6) is 0. The molecule has 1 unspecified atom stereocenters. The molecule has 5 nitrogen and oxygen atoms in total. The molecule has 1 aliphatic heterocycles. The van der Waals surface area contributed by atoms with Gasteiger partial charge in [0.1, 0.15) is 0 Å². The molecule has 0 saturated carbocycles. The summed E-state index contributed by atoms with van der Waals surface area (Å²) in [5, 5.41) is 0. The van der Waals surface area contributed by atoms with Crippen molar-refractivity contribution in [3.63, 3.8) is 0 Å². The van der Waals surface area contributed by atoms with E-state index in [-0.39, 0.29) is 6.04 Å². The van der Waals surface area contributed by atoms with E-state index < -0.39 is 10.0 Å². The number of rotatable bonds is 3. The Labute approximate surface area is 124 Å². The highest BCUT2D eigenvalue weighted by atomic mass is 32.2. The summed E-state index contributed by atoms with van der Waals surface area (Å²) in [6, 6.07) is 7.86. The topological polar surface area (TPSA) is 61.8 Å². The van der Waals surface area contributed by atoms with Crippen LogP contribution in [0.2, 0.25) is 0 Å². The number of allylic oxidation sites excluding steroid dienone is 2. The van der Waals surface area contributed by atoms with Crippen LogP contribution in [0.25, 0.3) is 0 Å². The van der Waals surface area contributed by atoms with Gasteiger partial charge in [0.25, 0.3) is 0 Å². The van der Waals surface area contributed by atoms with Gasteiger partial charge in [-0.25, -0.2) is 13.4 Å². The van der Waals surface area contributed by atoms with Crippen LogP contribution in [0.1, 0.15) is 6.92 Å². The largest absolute Gasteiger partial charge is 0.358 e. The van der Waals surface area contributed by atoms with Crippen molar-refractivity contribution in [1.29, 1.82) is 0 Å².